The van der Waals surface area contributed by atoms with E-state index < -0.39 is 0 Å². The van der Waals surface area contributed by atoms with E-state index >= 15 is 0 Å². The maximum Gasteiger partial charge on any atom is 0.294 e. The van der Waals surface area contributed by atoms with Crippen molar-refractivity contribution in [2.75, 3.05) is 0 Å². The number of para-hydroxylation sites is 2. The minimum Gasteiger partial charge on any atom is -0.236 e. The second-order valence-corrected chi connectivity index (χ2v) is 5.04. The van der Waals surface area contributed by atoms with Crippen molar-refractivity contribution in [1.29, 1.82) is 0 Å². The molecule has 0 radical (unpaired) electrons. The van der Waals surface area contributed by atoms with Crippen molar-refractivity contribution in [3.05, 3.63) is 72.9 Å². The molecule has 2 nitrogen and oxygen atoms in total. The molecule has 20 heavy (non-hydrogen) atoms. The van der Waals surface area contributed by atoms with Gasteiger partial charge in [-0.05, 0) is 36.4 Å². The number of hydrogen-bond donors (Lipinski definition) is 0. The van der Waals surface area contributed by atoms with Crippen LogP contribution in [0.1, 0.15) is 0 Å². The molecule has 0 aliphatic carbocycles. The fourth-order valence-electron chi connectivity index (χ4n) is 2.94. The normalized spacial score (nSPS) is 11.2. The van der Waals surface area contributed by atoms with Crippen LogP contribution in [-0.2, 0) is 7.05 Å². The molecule has 0 saturated heterocycles. The fraction of sp³-hybridized carbons (Fsp3) is 0.0556. The lowest BCUT2D eigenvalue weighted by atomic mass is 10.2. The Labute approximate surface area is 117 Å². The van der Waals surface area contributed by atoms with E-state index in [4.69, 9.17) is 0 Å². The van der Waals surface area contributed by atoms with E-state index in [-0.39, 0.29) is 0 Å². The molecule has 0 spiro atoms. The molecule has 4 rings (SSSR count). The Balaban J connectivity index is 2.27. The number of fused-ring (bicyclic) bond motifs is 3. The topological polar surface area (TPSA) is 8.81 Å². The van der Waals surface area contributed by atoms with Gasteiger partial charge >= 0.3 is 0 Å². The molecule has 96 valence electrons. The van der Waals surface area contributed by atoms with Crippen LogP contribution < -0.4 is 4.57 Å². The number of nitrogens with zero attached hydrogens (tertiary/aromatic N) is 2. The van der Waals surface area contributed by atoms with E-state index in [2.05, 4.69) is 89.1 Å². The molecule has 0 fully saturated rings. The van der Waals surface area contributed by atoms with Crippen molar-refractivity contribution < 1.29 is 4.57 Å². The molecule has 2 aromatic heterocycles. The molecule has 0 N–H and O–H groups in total. The molecule has 0 unspecified atom stereocenters. The quantitative estimate of drug-likeness (QED) is 0.462. The van der Waals surface area contributed by atoms with Crippen molar-refractivity contribution in [3.8, 4) is 5.69 Å². The van der Waals surface area contributed by atoms with Gasteiger partial charge in [0.1, 0.15) is 11.2 Å². The number of rotatable bonds is 1. The summed E-state index contributed by atoms with van der Waals surface area (Å²) >= 11 is 0. The number of aryl methyl sites for hydroxylation is 1. The molecule has 2 heterocycles. The van der Waals surface area contributed by atoms with Crippen molar-refractivity contribution in [1.82, 2.24) is 4.57 Å². The lowest BCUT2D eigenvalue weighted by molar-refractivity contribution is -0.647. The van der Waals surface area contributed by atoms with Crippen molar-refractivity contribution in [2.24, 2.45) is 7.05 Å². The van der Waals surface area contributed by atoms with Gasteiger partial charge < -0.3 is 0 Å². The van der Waals surface area contributed by atoms with Gasteiger partial charge in [0.05, 0.1) is 18.6 Å². The van der Waals surface area contributed by atoms with Gasteiger partial charge in [0.2, 0.25) is 0 Å². The summed E-state index contributed by atoms with van der Waals surface area (Å²) in [6, 6.07) is 23.4. The third-order valence-electron chi connectivity index (χ3n) is 3.81. The molecular formula is C18H15N2+. The number of pyridine rings is 1. The van der Waals surface area contributed by atoms with Gasteiger partial charge in [-0.2, -0.15) is 4.57 Å². The van der Waals surface area contributed by atoms with Gasteiger partial charge in [0.25, 0.3) is 5.65 Å². The van der Waals surface area contributed by atoms with Crippen molar-refractivity contribution >= 4 is 21.9 Å². The third-order valence-corrected chi connectivity index (χ3v) is 3.81. The van der Waals surface area contributed by atoms with Gasteiger partial charge in [-0.1, -0.05) is 30.3 Å². The maximum atomic E-state index is 2.32. The lowest BCUT2D eigenvalue weighted by Gasteiger charge is -2.01. The van der Waals surface area contributed by atoms with Crippen LogP contribution in [0.25, 0.3) is 27.6 Å². The van der Waals surface area contributed by atoms with E-state index in [9.17, 15) is 0 Å². The zero-order valence-corrected chi connectivity index (χ0v) is 11.3. The van der Waals surface area contributed by atoms with Gasteiger partial charge in [0, 0.05) is 5.39 Å². The standard InChI is InChI=1S/C18H15N2/c1-19-13-7-11-16-15-10-5-6-12-17(15)20(18(16)19)14-8-3-2-4-9-14/h2-13H,1H3/q+1. The summed E-state index contributed by atoms with van der Waals surface area (Å²) < 4.78 is 4.51. The van der Waals surface area contributed by atoms with E-state index in [0.717, 1.165) is 0 Å². The zero-order valence-electron chi connectivity index (χ0n) is 11.3. The molecule has 2 aromatic carbocycles. The highest BCUT2D eigenvalue weighted by molar-refractivity contribution is 6.06. The summed E-state index contributed by atoms with van der Waals surface area (Å²) in [5.41, 5.74) is 3.66. The van der Waals surface area contributed by atoms with Crippen molar-refractivity contribution in [2.45, 2.75) is 0 Å². The number of benzene rings is 2. The summed E-state index contributed by atoms with van der Waals surface area (Å²) in [4.78, 5) is 0. The number of hydrogen-bond acceptors (Lipinski definition) is 0. The van der Waals surface area contributed by atoms with Crippen LogP contribution in [0.4, 0.5) is 0 Å². The molecule has 0 saturated carbocycles. The smallest absolute Gasteiger partial charge is 0.236 e. The molecule has 0 atom stereocenters. The Bertz CT molecular complexity index is 905. The first-order chi connectivity index (χ1) is 9.86. The molecule has 0 aliphatic rings. The van der Waals surface area contributed by atoms with Crippen LogP contribution in [0, 0.1) is 0 Å². The molecule has 0 bridgehead atoms. The van der Waals surface area contributed by atoms with Crippen LogP contribution in [-0.4, -0.2) is 4.57 Å². The maximum absolute atomic E-state index is 2.32. The Morgan fingerprint density at radius 3 is 2.30 bits per heavy atom. The van der Waals surface area contributed by atoms with Gasteiger partial charge in [-0.25, -0.2) is 4.57 Å². The molecule has 0 amide bonds. The van der Waals surface area contributed by atoms with Gasteiger partial charge in [0.15, 0.2) is 0 Å². The first kappa shape index (κ1) is 11.2. The molecule has 0 aliphatic heterocycles. The van der Waals surface area contributed by atoms with Gasteiger partial charge in [-0.3, -0.25) is 0 Å². The first-order valence-corrected chi connectivity index (χ1v) is 6.79. The molecular weight excluding hydrogens is 244 g/mol. The van der Waals surface area contributed by atoms with Crippen LogP contribution in [0.3, 0.4) is 0 Å². The fourth-order valence-corrected chi connectivity index (χ4v) is 2.94. The van der Waals surface area contributed by atoms with Crippen LogP contribution in [0.2, 0.25) is 0 Å². The predicted molar refractivity (Wildman–Crippen MR) is 82.0 cm³/mol. The largest absolute Gasteiger partial charge is 0.294 e. The van der Waals surface area contributed by atoms with E-state index in [1.165, 1.54) is 27.6 Å². The highest BCUT2D eigenvalue weighted by atomic mass is 15.1. The van der Waals surface area contributed by atoms with Crippen LogP contribution >= 0.6 is 0 Å². The SMILES string of the molecule is C[n+]1cccc2c3ccccc3n(-c3ccccc3)c21. The highest BCUT2D eigenvalue weighted by Crippen LogP contribution is 2.29. The summed E-state index contributed by atoms with van der Waals surface area (Å²) in [5.74, 6) is 0. The minimum absolute atomic E-state index is 1.19. The summed E-state index contributed by atoms with van der Waals surface area (Å²) in [6.45, 7) is 0. The van der Waals surface area contributed by atoms with Crippen LogP contribution in [0.5, 0.6) is 0 Å². The second kappa shape index (κ2) is 4.20. The third kappa shape index (κ3) is 1.48. The first-order valence-electron chi connectivity index (χ1n) is 6.79. The molecule has 2 heteroatoms. The van der Waals surface area contributed by atoms with Crippen molar-refractivity contribution in [3.63, 3.8) is 0 Å². The van der Waals surface area contributed by atoms with E-state index in [1.54, 1.807) is 0 Å². The zero-order chi connectivity index (χ0) is 13.5. The Hall–Kier alpha value is -2.61. The predicted octanol–water partition coefficient (Wildman–Crippen LogP) is 3.61. The average Bonchev–Trinajstić information content (AvgIpc) is 2.84. The summed E-state index contributed by atoms with van der Waals surface area (Å²) in [7, 11) is 2.10. The lowest BCUT2D eigenvalue weighted by Crippen LogP contribution is -2.30. The Kier molecular flexibility index (Phi) is 2.36. The summed E-state index contributed by atoms with van der Waals surface area (Å²) in [5, 5.41) is 2.58. The van der Waals surface area contributed by atoms with Gasteiger partial charge in [-0.15, -0.1) is 0 Å². The second-order valence-electron chi connectivity index (χ2n) is 5.04. The van der Waals surface area contributed by atoms with E-state index in [1.807, 2.05) is 0 Å². The molecule has 4 aromatic rings. The minimum atomic E-state index is 1.19. The Morgan fingerprint density at radius 2 is 1.45 bits per heavy atom. The number of aromatic nitrogens is 2. The van der Waals surface area contributed by atoms with Crippen LogP contribution in [0.15, 0.2) is 72.9 Å². The highest BCUT2D eigenvalue weighted by Gasteiger charge is 2.20. The Morgan fingerprint density at radius 1 is 0.750 bits per heavy atom. The monoisotopic (exact) mass is 259 g/mol. The summed E-state index contributed by atoms with van der Waals surface area (Å²) in [6.07, 6.45) is 2.10. The average molecular weight is 259 g/mol. The van der Waals surface area contributed by atoms with E-state index in [0.29, 0.717) is 0 Å².